The Bertz CT molecular complexity index is 1440. The summed E-state index contributed by atoms with van der Waals surface area (Å²) in [5.74, 6) is 0.531. The number of anilines is 1. The fourth-order valence-corrected chi connectivity index (χ4v) is 7.33. The minimum absolute atomic E-state index is 0.0730. The molecule has 2 aliphatic carbocycles. The first kappa shape index (κ1) is 24.8. The summed E-state index contributed by atoms with van der Waals surface area (Å²) in [6.45, 7) is 2.10. The van der Waals surface area contributed by atoms with Crippen LogP contribution in [0.3, 0.4) is 0 Å². The Balaban J connectivity index is 1.23. The summed E-state index contributed by atoms with van der Waals surface area (Å²) in [5, 5.41) is 8.58. The Kier molecular flexibility index (Phi) is 5.50. The molecule has 1 aromatic heterocycles. The van der Waals surface area contributed by atoms with Gasteiger partial charge in [0.25, 0.3) is 5.91 Å². The Morgan fingerprint density at radius 3 is 2.46 bits per heavy atom. The van der Waals surface area contributed by atoms with Gasteiger partial charge in [0.15, 0.2) is 0 Å². The molecule has 2 aromatic carbocycles. The van der Waals surface area contributed by atoms with Gasteiger partial charge in [-0.25, -0.2) is 0 Å². The predicted molar refractivity (Wildman–Crippen MR) is 140 cm³/mol. The summed E-state index contributed by atoms with van der Waals surface area (Å²) < 4.78 is 44.7. The number of benzene rings is 2. The average molecular weight is 536 g/mol. The summed E-state index contributed by atoms with van der Waals surface area (Å²) >= 11 is 0. The lowest BCUT2D eigenvalue weighted by molar-refractivity contribution is -0.138. The molecule has 6 nitrogen and oxygen atoms in total. The number of carbonyl (C=O) groups excluding carboxylic acids is 1. The summed E-state index contributed by atoms with van der Waals surface area (Å²) in [6, 6.07) is 10.7. The topological polar surface area (TPSA) is 54.3 Å². The zero-order chi connectivity index (χ0) is 27.0. The third-order valence-corrected chi connectivity index (χ3v) is 9.42. The molecule has 4 aliphatic rings. The second kappa shape index (κ2) is 8.65. The lowest BCUT2D eigenvalue weighted by Crippen LogP contribution is -2.45. The SMILES string of the molecule is Cn1cnnc1C1(c2cccc(N3Cc4c(cc(CN5CCCCC5)cc4C(F)(F)F)C3=O)c2)CC2(CC2)C1. The fraction of sp³-hybridized carbons (Fsp3) is 0.500. The molecule has 9 heteroatoms. The number of halogens is 3. The van der Waals surface area contributed by atoms with E-state index in [0.717, 1.165) is 56.6 Å². The Hall–Kier alpha value is -3.20. The molecule has 0 bridgehead atoms. The summed E-state index contributed by atoms with van der Waals surface area (Å²) in [6.07, 6.45) is 4.82. The van der Waals surface area contributed by atoms with Gasteiger partial charge in [-0.05, 0) is 98.0 Å². The number of hydrogen-bond donors (Lipinski definition) is 0. The molecule has 0 N–H and O–H groups in total. The lowest BCUT2D eigenvalue weighted by Gasteiger charge is -2.48. The van der Waals surface area contributed by atoms with Crippen LogP contribution in [-0.4, -0.2) is 38.7 Å². The summed E-state index contributed by atoms with van der Waals surface area (Å²) in [5.41, 5.74) is 1.84. The second-order valence-electron chi connectivity index (χ2n) is 12.1. The standard InChI is InChI=1S/C30H32F3N5O/c1-36-19-34-35-27(36)29(17-28(18-29)8-9-28)21-6-5-7-22(14-21)38-16-24-23(26(38)39)12-20(13-25(24)30(31,32)33)15-37-10-3-2-4-11-37/h5-7,12-14,19H,2-4,8-11,15-18H2,1H3. The van der Waals surface area contributed by atoms with Gasteiger partial charge >= 0.3 is 6.18 Å². The minimum atomic E-state index is -4.53. The molecule has 0 atom stereocenters. The first-order valence-corrected chi connectivity index (χ1v) is 13.9. The Morgan fingerprint density at radius 1 is 1.03 bits per heavy atom. The number of rotatable bonds is 5. The van der Waals surface area contributed by atoms with Crippen LogP contribution in [0.1, 0.15) is 83.4 Å². The van der Waals surface area contributed by atoms with Crippen LogP contribution in [-0.2, 0) is 31.7 Å². The maximum atomic E-state index is 14.2. The van der Waals surface area contributed by atoms with E-state index >= 15 is 0 Å². The van der Waals surface area contributed by atoms with Crippen molar-refractivity contribution in [3.63, 3.8) is 0 Å². The van der Waals surface area contributed by atoms with Crippen molar-refractivity contribution in [1.82, 2.24) is 19.7 Å². The lowest BCUT2D eigenvalue weighted by atomic mass is 9.56. The third-order valence-electron chi connectivity index (χ3n) is 9.42. The van der Waals surface area contributed by atoms with Gasteiger partial charge in [-0.1, -0.05) is 18.6 Å². The highest BCUT2D eigenvalue weighted by atomic mass is 19.4. The molecule has 3 heterocycles. The number of alkyl halides is 3. The van der Waals surface area contributed by atoms with E-state index in [2.05, 4.69) is 21.2 Å². The van der Waals surface area contributed by atoms with Crippen molar-refractivity contribution in [2.75, 3.05) is 18.0 Å². The Morgan fingerprint density at radius 2 is 1.79 bits per heavy atom. The molecular formula is C30H32F3N5O. The molecule has 0 unspecified atom stereocenters. The van der Waals surface area contributed by atoms with Crippen molar-refractivity contribution < 1.29 is 18.0 Å². The second-order valence-corrected chi connectivity index (χ2v) is 12.1. The van der Waals surface area contributed by atoms with Gasteiger partial charge in [-0.15, -0.1) is 10.2 Å². The minimum Gasteiger partial charge on any atom is -0.320 e. The maximum absolute atomic E-state index is 14.2. The van der Waals surface area contributed by atoms with Crippen LogP contribution in [0.5, 0.6) is 0 Å². The van der Waals surface area contributed by atoms with Gasteiger partial charge in [0.2, 0.25) is 0 Å². The van der Waals surface area contributed by atoms with Crippen LogP contribution in [0.15, 0.2) is 42.7 Å². The van der Waals surface area contributed by atoms with Crippen molar-refractivity contribution in [1.29, 1.82) is 0 Å². The van der Waals surface area contributed by atoms with Gasteiger partial charge in [-0.2, -0.15) is 13.2 Å². The van der Waals surface area contributed by atoms with Gasteiger partial charge < -0.3 is 9.47 Å². The van der Waals surface area contributed by atoms with E-state index in [1.807, 2.05) is 29.8 Å². The number of piperidine rings is 1. The van der Waals surface area contributed by atoms with Gasteiger partial charge in [0, 0.05) is 24.8 Å². The molecule has 3 aromatic rings. The van der Waals surface area contributed by atoms with E-state index in [1.54, 1.807) is 12.4 Å². The molecule has 7 rings (SSSR count). The van der Waals surface area contributed by atoms with Crippen LogP contribution in [0.25, 0.3) is 0 Å². The molecular weight excluding hydrogens is 503 g/mol. The number of nitrogens with zero attached hydrogens (tertiary/aromatic N) is 5. The first-order chi connectivity index (χ1) is 18.7. The fourth-order valence-electron chi connectivity index (χ4n) is 7.33. The number of aromatic nitrogens is 3. The van der Waals surface area contributed by atoms with Gasteiger partial charge in [0.05, 0.1) is 17.5 Å². The maximum Gasteiger partial charge on any atom is 0.416 e. The average Bonchev–Trinajstić information content (AvgIpc) is 3.46. The zero-order valence-corrected chi connectivity index (χ0v) is 22.1. The van der Waals surface area contributed by atoms with E-state index in [1.165, 1.54) is 23.8 Å². The van der Waals surface area contributed by atoms with Crippen molar-refractivity contribution in [2.24, 2.45) is 12.5 Å². The van der Waals surface area contributed by atoms with Crippen LogP contribution < -0.4 is 4.90 Å². The number of hydrogen-bond acceptors (Lipinski definition) is 4. The highest BCUT2D eigenvalue weighted by Gasteiger charge is 2.63. The van der Waals surface area contributed by atoms with E-state index in [9.17, 15) is 18.0 Å². The van der Waals surface area contributed by atoms with Crippen molar-refractivity contribution in [3.05, 3.63) is 76.4 Å². The molecule has 2 saturated carbocycles. The number of fused-ring (bicyclic) bond motifs is 1. The molecule has 204 valence electrons. The zero-order valence-electron chi connectivity index (χ0n) is 22.1. The van der Waals surface area contributed by atoms with Crippen LogP contribution in [0.2, 0.25) is 0 Å². The van der Waals surface area contributed by atoms with E-state index in [4.69, 9.17) is 0 Å². The van der Waals surface area contributed by atoms with E-state index in [-0.39, 0.29) is 29.0 Å². The first-order valence-electron chi connectivity index (χ1n) is 13.9. The number of aryl methyl sites for hydroxylation is 1. The van der Waals surface area contributed by atoms with E-state index in [0.29, 0.717) is 23.2 Å². The van der Waals surface area contributed by atoms with E-state index < -0.39 is 11.7 Å². The van der Waals surface area contributed by atoms with Crippen molar-refractivity contribution in [2.45, 2.75) is 69.6 Å². The highest BCUT2D eigenvalue weighted by molar-refractivity contribution is 6.10. The molecule has 3 fully saturated rings. The van der Waals surface area contributed by atoms with Gasteiger partial charge in [-0.3, -0.25) is 9.69 Å². The van der Waals surface area contributed by atoms with Crippen LogP contribution >= 0.6 is 0 Å². The van der Waals surface area contributed by atoms with Crippen molar-refractivity contribution in [3.8, 4) is 0 Å². The number of amides is 1. The molecule has 0 radical (unpaired) electrons. The quantitative estimate of drug-likeness (QED) is 0.412. The molecule has 2 aliphatic heterocycles. The van der Waals surface area contributed by atoms with Gasteiger partial charge in [0.1, 0.15) is 12.2 Å². The largest absolute Gasteiger partial charge is 0.416 e. The van der Waals surface area contributed by atoms with Crippen molar-refractivity contribution >= 4 is 11.6 Å². The van der Waals surface area contributed by atoms with Crippen LogP contribution in [0.4, 0.5) is 18.9 Å². The smallest absolute Gasteiger partial charge is 0.320 e. The number of carbonyl (C=O) groups is 1. The monoisotopic (exact) mass is 535 g/mol. The summed E-state index contributed by atoms with van der Waals surface area (Å²) in [7, 11) is 1.94. The normalized spacial score (nSPS) is 21.7. The number of likely N-dealkylation sites (tertiary alicyclic amines) is 1. The Labute approximate surface area is 225 Å². The third kappa shape index (κ3) is 4.08. The summed E-state index contributed by atoms with van der Waals surface area (Å²) in [4.78, 5) is 17.4. The predicted octanol–water partition coefficient (Wildman–Crippen LogP) is 5.84. The molecule has 1 amide bonds. The molecule has 1 spiro atoms. The van der Waals surface area contributed by atoms with Crippen LogP contribution in [0, 0.1) is 5.41 Å². The molecule has 1 saturated heterocycles. The highest BCUT2D eigenvalue weighted by Crippen LogP contribution is 2.70. The molecule has 39 heavy (non-hydrogen) atoms.